The Morgan fingerprint density at radius 1 is 1.55 bits per heavy atom. The van der Waals surface area contributed by atoms with Crippen LogP contribution < -0.4 is 5.32 Å². The van der Waals surface area contributed by atoms with Gasteiger partial charge < -0.3 is 9.73 Å². The highest BCUT2D eigenvalue weighted by Crippen LogP contribution is 2.39. The molecule has 1 aromatic rings. The van der Waals surface area contributed by atoms with Gasteiger partial charge in [-0.1, -0.05) is 5.10 Å². The lowest BCUT2D eigenvalue weighted by molar-refractivity contribution is 0.508. The molecular weight excluding hydrogens is 142 g/mol. The van der Waals surface area contributed by atoms with Crippen molar-refractivity contribution in [3.8, 4) is 0 Å². The van der Waals surface area contributed by atoms with Gasteiger partial charge in [-0.2, -0.15) is 0 Å². The summed E-state index contributed by atoms with van der Waals surface area (Å²) in [6.45, 7) is 2.83. The number of rotatable bonds is 3. The molecule has 1 fully saturated rings. The minimum absolute atomic E-state index is 0.550. The van der Waals surface area contributed by atoms with Gasteiger partial charge in [-0.05, 0) is 19.8 Å². The highest BCUT2D eigenvalue weighted by molar-refractivity contribution is 5.17. The monoisotopic (exact) mass is 153 g/mol. The molecule has 11 heavy (non-hydrogen) atoms. The van der Waals surface area contributed by atoms with Crippen molar-refractivity contribution in [2.24, 2.45) is 0 Å². The molecule has 4 heteroatoms. The maximum atomic E-state index is 5.31. The van der Waals surface area contributed by atoms with Crippen molar-refractivity contribution in [2.45, 2.75) is 25.7 Å². The molecule has 0 aliphatic heterocycles. The van der Waals surface area contributed by atoms with E-state index < -0.39 is 0 Å². The van der Waals surface area contributed by atoms with Gasteiger partial charge in [0.1, 0.15) is 0 Å². The SMILES string of the molecule is CCNc1nnc(C2CC2)o1. The van der Waals surface area contributed by atoms with Crippen LogP contribution in [0.2, 0.25) is 0 Å². The maximum absolute atomic E-state index is 5.31. The predicted molar refractivity (Wildman–Crippen MR) is 40.4 cm³/mol. The average Bonchev–Trinajstić information content (AvgIpc) is 2.75. The minimum Gasteiger partial charge on any atom is -0.408 e. The number of nitrogens with zero attached hydrogens (tertiary/aromatic N) is 2. The zero-order valence-corrected chi connectivity index (χ0v) is 6.50. The van der Waals surface area contributed by atoms with Gasteiger partial charge in [-0.25, -0.2) is 0 Å². The Morgan fingerprint density at radius 3 is 3.00 bits per heavy atom. The molecule has 0 unspecified atom stereocenters. The molecule has 0 saturated heterocycles. The van der Waals surface area contributed by atoms with E-state index in [1.165, 1.54) is 12.8 Å². The Bertz CT molecular complexity index is 242. The van der Waals surface area contributed by atoms with Crippen LogP contribution in [0.4, 0.5) is 6.01 Å². The van der Waals surface area contributed by atoms with E-state index >= 15 is 0 Å². The van der Waals surface area contributed by atoms with E-state index in [0.717, 1.165) is 12.4 Å². The molecule has 2 rings (SSSR count). The molecule has 0 atom stereocenters. The molecule has 4 nitrogen and oxygen atoms in total. The van der Waals surface area contributed by atoms with Crippen molar-refractivity contribution < 1.29 is 4.42 Å². The summed E-state index contributed by atoms with van der Waals surface area (Å²) >= 11 is 0. The summed E-state index contributed by atoms with van der Waals surface area (Å²) in [4.78, 5) is 0. The molecule has 60 valence electrons. The Hall–Kier alpha value is -1.06. The van der Waals surface area contributed by atoms with Crippen molar-refractivity contribution >= 4 is 6.01 Å². The summed E-state index contributed by atoms with van der Waals surface area (Å²) in [6, 6.07) is 0.550. The van der Waals surface area contributed by atoms with Crippen LogP contribution in [-0.4, -0.2) is 16.7 Å². The van der Waals surface area contributed by atoms with Gasteiger partial charge in [0.25, 0.3) is 0 Å². The standard InChI is InChI=1S/C7H11N3O/c1-2-8-7-10-9-6(11-7)5-3-4-5/h5H,2-4H2,1H3,(H,8,10). The fraction of sp³-hybridized carbons (Fsp3) is 0.714. The van der Waals surface area contributed by atoms with Gasteiger partial charge in [-0.15, -0.1) is 5.10 Å². The zero-order chi connectivity index (χ0) is 7.68. The quantitative estimate of drug-likeness (QED) is 0.712. The van der Waals surface area contributed by atoms with Gasteiger partial charge in [0.05, 0.1) is 0 Å². The van der Waals surface area contributed by atoms with E-state index in [0.29, 0.717) is 11.9 Å². The van der Waals surface area contributed by atoms with Crippen LogP contribution in [-0.2, 0) is 0 Å². The van der Waals surface area contributed by atoms with Crippen molar-refractivity contribution in [3.63, 3.8) is 0 Å². The van der Waals surface area contributed by atoms with Crippen LogP contribution in [0.15, 0.2) is 4.42 Å². The first-order chi connectivity index (χ1) is 5.40. The smallest absolute Gasteiger partial charge is 0.315 e. The Morgan fingerprint density at radius 2 is 2.36 bits per heavy atom. The minimum atomic E-state index is 0.550. The van der Waals surface area contributed by atoms with Gasteiger partial charge in [0.2, 0.25) is 5.89 Å². The second-order valence-electron chi connectivity index (χ2n) is 2.75. The lowest BCUT2D eigenvalue weighted by atomic mass is 10.4. The van der Waals surface area contributed by atoms with Crippen LogP contribution in [0.25, 0.3) is 0 Å². The molecule has 0 spiro atoms. The average molecular weight is 153 g/mol. The summed E-state index contributed by atoms with van der Waals surface area (Å²) in [5.74, 6) is 1.34. The number of anilines is 1. The van der Waals surface area contributed by atoms with Crippen molar-refractivity contribution in [2.75, 3.05) is 11.9 Å². The molecule has 0 amide bonds. The third-order valence-corrected chi connectivity index (χ3v) is 1.70. The molecular formula is C7H11N3O. The molecule has 1 heterocycles. The number of aromatic nitrogens is 2. The lowest BCUT2D eigenvalue weighted by Gasteiger charge is -1.91. The number of nitrogens with one attached hydrogen (secondary N) is 1. The first-order valence-corrected chi connectivity index (χ1v) is 3.97. The third kappa shape index (κ3) is 1.34. The first kappa shape index (κ1) is 6.64. The van der Waals surface area contributed by atoms with Gasteiger partial charge in [0.15, 0.2) is 0 Å². The highest BCUT2D eigenvalue weighted by atomic mass is 16.4. The summed E-state index contributed by atoms with van der Waals surface area (Å²) in [6.07, 6.45) is 2.40. The summed E-state index contributed by atoms with van der Waals surface area (Å²) in [7, 11) is 0. The summed E-state index contributed by atoms with van der Waals surface area (Å²) < 4.78 is 5.31. The highest BCUT2D eigenvalue weighted by Gasteiger charge is 2.29. The van der Waals surface area contributed by atoms with Crippen LogP contribution in [0, 0.1) is 0 Å². The van der Waals surface area contributed by atoms with E-state index in [-0.39, 0.29) is 0 Å². The molecule has 0 bridgehead atoms. The molecule has 1 aliphatic rings. The van der Waals surface area contributed by atoms with Crippen LogP contribution in [0.1, 0.15) is 31.6 Å². The number of hydrogen-bond acceptors (Lipinski definition) is 4. The first-order valence-electron chi connectivity index (χ1n) is 3.97. The van der Waals surface area contributed by atoms with E-state index in [9.17, 15) is 0 Å². The molecule has 1 aromatic heterocycles. The molecule has 1 aliphatic carbocycles. The van der Waals surface area contributed by atoms with E-state index in [1.807, 2.05) is 6.92 Å². The third-order valence-electron chi connectivity index (χ3n) is 1.70. The largest absolute Gasteiger partial charge is 0.408 e. The summed E-state index contributed by atoms with van der Waals surface area (Å²) in [5.41, 5.74) is 0. The fourth-order valence-corrected chi connectivity index (χ4v) is 0.952. The molecule has 1 N–H and O–H groups in total. The van der Waals surface area contributed by atoms with Crippen LogP contribution in [0.5, 0.6) is 0 Å². The lowest BCUT2D eigenvalue weighted by Crippen LogP contribution is -1.95. The second-order valence-corrected chi connectivity index (χ2v) is 2.75. The van der Waals surface area contributed by atoms with Crippen LogP contribution >= 0.6 is 0 Å². The van der Waals surface area contributed by atoms with Crippen molar-refractivity contribution in [1.82, 2.24) is 10.2 Å². The van der Waals surface area contributed by atoms with Crippen molar-refractivity contribution in [3.05, 3.63) is 5.89 Å². The molecule has 0 aromatic carbocycles. The Kier molecular flexibility index (Phi) is 1.52. The number of hydrogen-bond donors (Lipinski definition) is 1. The fourth-order valence-electron chi connectivity index (χ4n) is 0.952. The van der Waals surface area contributed by atoms with Gasteiger partial charge >= 0.3 is 6.01 Å². The normalized spacial score (nSPS) is 16.8. The van der Waals surface area contributed by atoms with E-state index in [4.69, 9.17) is 4.42 Å². The topological polar surface area (TPSA) is 51.0 Å². The molecule has 0 radical (unpaired) electrons. The van der Waals surface area contributed by atoms with Gasteiger partial charge in [0, 0.05) is 12.5 Å². The Labute approximate surface area is 65.0 Å². The van der Waals surface area contributed by atoms with E-state index in [1.54, 1.807) is 0 Å². The Balaban J connectivity index is 2.06. The van der Waals surface area contributed by atoms with Crippen molar-refractivity contribution in [1.29, 1.82) is 0 Å². The zero-order valence-electron chi connectivity index (χ0n) is 6.50. The van der Waals surface area contributed by atoms with Crippen LogP contribution in [0.3, 0.4) is 0 Å². The maximum Gasteiger partial charge on any atom is 0.315 e. The second kappa shape index (κ2) is 2.53. The van der Waals surface area contributed by atoms with Gasteiger partial charge in [-0.3, -0.25) is 0 Å². The van der Waals surface area contributed by atoms with E-state index in [2.05, 4.69) is 15.5 Å². The predicted octanol–water partition coefficient (Wildman–Crippen LogP) is 1.38. The molecule has 1 saturated carbocycles. The summed E-state index contributed by atoms with van der Waals surface area (Å²) in [5, 5.41) is 10.7.